The van der Waals surface area contributed by atoms with Gasteiger partial charge >= 0.3 is 0 Å². The highest BCUT2D eigenvalue weighted by molar-refractivity contribution is 7.89. The lowest BCUT2D eigenvalue weighted by Gasteiger charge is -2.07. The molecule has 0 bridgehead atoms. The second-order valence-corrected chi connectivity index (χ2v) is 7.57. The van der Waals surface area contributed by atoms with Gasteiger partial charge in [0, 0.05) is 30.7 Å². The highest BCUT2D eigenvalue weighted by Crippen LogP contribution is 2.22. The van der Waals surface area contributed by atoms with Crippen molar-refractivity contribution >= 4 is 27.8 Å². The molecule has 11 nitrogen and oxygen atoms in total. The third-order valence-corrected chi connectivity index (χ3v) is 5.31. The van der Waals surface area contributed by atoms with Crippen LogP contribution in [0.5, 0.6) is 11.5 Å². The molecule has 0 aliphatic rings. The molecule has 2 N–H and O–H groups in total. The number of nitro benzene ring substituents is 1. The first-order chi connectivity index (χ1) is 14.3. The summed E-state index contributed by atoms with van der Waals surface area (Å²) in [7, 11) is -0.889. The molecule has 0 aliphatic carbocycles. The van der Waals surface area contributed by atoms with E-state index in [0.717, 1.165) is 24.3 Å². The molecular weight excluding hydrogens is 416 g/mol. The maximum absolute atomic E-state index is 12.2. The number of methoxy groups -OCH3 is 2. The van der Waals surface area contributed by atoms with Gasteiger partial charge in [-0.2, -0.15) is 5.10 Å². The number of ether oxygens (including phenoxy) is 2. The van der Waals surface area contributed by atoms with Crippen LogP contribution in [0.25, 0.3) is 0 Å². The Bertz CT molecular complexity index is 1040. The van der Waals surface area contributed by atoms with Gasteiger partial charge in [-0.3, -0.25) is 14.9 Å². The Kier molecular flexibility index (Phi) is 7.83. The van der Waals surface area contributed by atoms with Crippen LogP contribution in [0.2, 0.25) is 0 Å². The average molecular weight is 436 g/mol. The van der Waals surface area contributed by atoms with Crippen LogP contribution in [0.4, 0.5) is 5.69 Å². The average Bonchev–Trinajstić information content (AvgIpc) is 2.73. The highest BCUT2D eigenvalue weighted by Gasteiger charge is 2.16. The number of sulfonamides is 1. The number of nitrogens with one attached hydrogen (secondary N) is 2. The van der Waals surface area contributed by atoms with E-state index >= 15 is 0 Å². The summed E-state index contributed by atoms with van der Waals surface area (Å²) in [5.41, 5.74) is 2.65. The predicted octanol–water partition coefficient (Wildman–Crippen LogP) is 1.43. The Labute approximate surface area is 172 Å². The Morgan fingerprint density at radius 2 is 1.87 bits per heavy atom. The van der Waals surface area contributed by atoms with Crippen LogP contribution in [0.1, 0.15) is 12.0 Å². The van der Waals surface area contributed by atoms with Crippen molar-refractivity contribution in [2.24, 2.45) is 5.10 Å². The summed E-state index contributed by atoms with van der Waals surface area (Å²) in [6, 6.07) is 9.48. The van der Waals surface area contributed by atoms with Crippen LogP contribution in [0.3, 0.4) is 0 Å². The topological polar surface area (TPSA) is 149 Å². The van der Waals surface area contributed by atoms with Gasteiger partial charge in [-0.15, -0.1) is 0 Å². The van der Waals surface area contributed by atoms with Crippen LogP contribution in [0.15, 0.2) is 52.5 Å². The number of amides is 1. The quantitative estimate of drug-likeness (QED) is 0.325. The van der Waals surface area contributed by atoms with E-state index in [1.165, 1.54) is 20.4 Å². The molecule has 0 radical (unpaired) electrons. The molecule has 1 amide bonds. The van der Waals surface area contributed by atoms with E-state index in [9.17, 15) is 23.3 Å². The molecule has 0 unspecified atom stereocenters. The lowest BCUT2D eigenvalue weighted by molar-refractivity contribution is -0.384. The van der Waals surface area contributed by atoms with Crippen molar-refractivity contribution in [3.63, 3.8) is 0 Å². The Balaban J connectivity index is 1.87. The first-order valence-corrected chi connectivity index (χ1v) is 10.0. The van der Waals surface area contributed by atoms with Gasteiger partial charge < -0.3 is 9.47 Å². The fourth-order valence-electron chi connectivity index (χ4n) is 2.30. The van der Waals surface area contributed by atoms with Gasteiger partial charge in [0.25, 0.3) is 5.69 Å². The van der Waals surface area contributed by atoms with Crippen molar-refractivity contribution in [3.05, 3.63) is 58.1 Å². The number of hydrazone groups is 1. The van der Waals surface area contributed by atoms with Crippen LogP contribution in [-0.4, -0.2) is 46.2 Å². The minimum atomic E-state index is -3.90. The molecule has 0 saturated carbocycles. The summed E-state index contributed by atoms with van der Waals surface area (Å²) in [6.45, 7) is -0.177. The summed E-state index contributed by atoms with van der Waals surface area (Å²) in [5.74, 6) is 0.605. The van der Waals surface area contributed by atoms with Gasteiger partial charge in [-0.25, -0.2) is 18.6 Å². The van der Waals surface area contributed by atoms with Crippen LogP contribution in [-0.2, 0) is 14.8 Å². The molecule has 0 aliphatic heterocycles. The molecule has 12 heteroatoms. The molecule has 0 heterocycles. The Morgan fingerprint density at radius 3 is 2.47 bits per heavy atom. The molecule has 0 aromatic heterocycles. The highest BCUT2D eigenvalue weighted by atomic mass is 32.2. The monoisotopic (exact) mass is 436 g/mol. The minimum Gasteiger partial charge on any atom is -0.497 e. The lowest BCUT2D eigenvalue weighted by Crippen LogP contribution is -2.29. The number of carbonyl (C=O) groups is 1. The number of hydrogen-bond donors (Lipinski definition) is 2. The van der Waals surface area contributed by atoms with Gasteiger partial charge in [-0.05, 0) is 30.3 Å². The first-order valence-electron chi connectivity index (χ1n) is 8.55. The van der Waals surface area contributed by atoms with E-state index in [0.29, 0.717) is 17.1 Å². The van der Waals surface area contributed by atoms with Crippen LogP contribution < -0.4 is 19.6 Å². The first kappa shape index (κ1) is 22.8. The van der Waals surface area contributed by atoms with E-state index in [4.69, 9.17) is 9.47 Å². The zero-order chi connectivity index (χ0) is 22.1. The number of hydrogen-bond acceptors (Lipinski definition) is 8. The predicted molar refractivity (Wildman–Crippen MR) is 108 cm³/mol. The van der Waals surface area contributed by atoms with Crippen molar-refractivity contribution in [2.45, 2.75) is 11.3 Å². The molecule has 0 atom stereocenters. The zero-order valence-corrected chi connectivity index (χ0v) is 17.0. The van der Waals surface area contributed by atoms with Gasteiger partial charge in [0.15, 0.2) is 0 Å². The number of nitro groups is 1. The molecule has 2 rings (SSSR count). The van der Waals surface area contributed by atoms with Gasteiger partial charge in [-0.1, -0.05) is 0 Å². The third-order valence-electron chi connectivity index (χ3n) is 3.83. The van der Waals surface area contributed by atoms with Gasteiger partial charge in [0.05, 0.1) is 30.3 Å². The smallest absolute Gasteiger partial charge is 0.269 e. The lowest BCUT2D eigenvalue weighted by atomic mass is 10.2. The van der Waals surface area contributed by atoms with Crippen molar-refractivity contribution < 1.29 is 27.6 Å². The summed E-state index contributed by atoms with van der Waals surface area (Å²) < 4.78 is 36.9. The number of non-ortho nitro benzene ring substituents is 1. The third kappa shape index (κ3) is 6.25. The summed E-state index contributed by atoms with van der Waals surface area (Å²) in [5, 5.41) is 14.4. The van der Waals surface area contributed by atoms with Gasteiger partial charge in [0.1, 0.15) is 11.5 Å². The number of carbonyl (C=O) groups excluding carboxylic acids is 1. The van der Waals surface area contributed by atoms with E-state index in [1.54, 1.807) is 18.2 Å². The second kappa shape index (κ2) is 10.3. The summed E-state index contributed by atoms with van der Waals surface area (Å²) in [4.78, 5) is 21.7. The van der Waals surface area contributed by atoms with Crippen molar-refractivity contribution in [2.75, 3.05) is 20.8 Å². The molecular formula is C18H20N4O7S. The fraction of sp³-hybridized carbons (Fsp3) is 0.222. The van der Waals surface area contributed by atoms with Crippen LogP contribution in [0, 0.1) is 10.1 Å². The van der Waals surface area contributed by atoms with Gasteiger partial charge in [0.2, 0.25) is 15.9 Å². The van der Waals surface area contributed by atoms with E-state index < -0.39 is 20.9 Å². The van der Waals surface area contributed by atoms with E-state index in [2.05, 4.69) is 15.2 Å². The van der Waals surface area contributed by atoms with Crippen molar-refractivity contribution in [1.82, 2.24) is 10.1 Å². The van der Waals surface area contributed by atoms with Crippen molar-refractivity contribution in [3.8, 4) is 11.5 Å². The maximum Gasteiger partial charge on any atom is 0.269 e. The molecule has 0 fully saturated rings. The molecule has 0 spiro atoms. The van der Waals surface area contributed by atoms with E-state index in [-0.39, 0.29) is 23.5 Å². The zero-order valence-electron chi connectivity index (χ0n) is 16.2. The standard InChI is InChI=1S/C18H20N4O7S/c1-28-15-5-8-17(29-2)13(11-15)12-19-21-18(23)9-10-20-30(26,27)16-6-3-14(4-7-16)22(24)25/h3-8,11-12,20H,9-10H2,1-2H3,(H,21,23). The minimum absolute atomic E-state index is 0.142. The fourth-order valence-corrected chi connectivity index (χ4v) is 3.33. The van der Waals surface area contributed by atoms with E-state index in [1.807, 2.05) is 0 Å². The van der Waals surface area contributed by atoms with Crippen molar-refractivity contribution in [1.29, 1.82) is 0 Å². The SMILES string of the molecule is COc1ccc(OC)c(C=NNC(=O)CCNS(=O)(=O)c2ccc([N+](=O)[O-])cc2)c1. The largest absolute Gasteiger partial charge is 0.497 e. The number of nitrogens with zero attached hydrogens (tertiary/aromatic N) is 2. The summed E-state index contributed by atoms with van der Waals surface area (Å²) in [6.07, 6.45) is 1.21. The molecule has 0 saturated heterocycles. The molecule has 2 aromatic rings. The number of benzene rings is 2. The normalized spacial score (nSPS) is 11.3. The Morgan fingerprint density at radius 1 is 1.17 bits per heavy atom. The molecule has 30 heavy (non-hydrogen) atoms. The second-order valence-electron chi connectivity index (χ2n) is 5.80. The number of rotatable bonds is 10. The summed E-state index contributed by atoms with van der Waals surface area (Å²) >= 11 is 0. The maximum atomic E-state index is 12.2. The molecule has 2 aromatic carbocycles. The molecule has 160 valence electrons. The van der Waals surface area contributed by atoms with Crippen LogP contribution >= 0.6 is 0 Å². The Hall–Kier alpha value is -3.51.